The Labute approximate surface area is 136 Å². The minimum Gasteiger partial charge on any atom is -0.507 e. The molecule has 1 aliphatic carbocycles. The van der Waals surface area contributed by atoms with Crippen molar-refractivity contribution in [3.8, 4) is 11.5 Å². The molecule has 1 unspecified atom stereocenters. The quantitative estimate of drug-likeness (QED) is 0.618. The lowest BCUT2D eigenvalue weighted by molar-refractivity contribution is -0.145. The highest BCUT2D eigenvalue weighted by Gasteiger charge is 2.37. The van der Waals surface area contributed by atoms with Crippen LogP contribution in [0.4, 0.5) is 0 Å². The van der Waals surface area contributed by atoms with Gasteiger partial charge < -0.3 is 24.4 Å². The first-order valence-electron chi connectivity index (χ1n) is 7.74. The first-order chi connectivity index (χ1) is 11.0. The number of esters is 1. The molecule has 128 valence electrons. The van der Waals surface area contributed by atoms with Crippen molar-refractivity contribution in [3.63, 3.8) is 0 Å². The Kier molecular flexibility index (Phi) is 5.85. The van der Waals surface area contributed by atoms with E-state index >= 15 is 0 Å². The molecular weight excluding hydrogens is 300 g/mol. The number of aliphatic hydroxyl groups is 1. The fourth-order valence-electron chi connectivity index (χ4n) is 3.23. The molecule has 0 amide bonds. The van der Waals surface area contributed by atoms with E-state index in [1.807, 2.05) is 0 Å². The number of rotatable bonds is 6. The molecule has 0 saturated heterocycles. The van der Waals surface area contributed by atoms with Crippen LogP contribution in [0, 0.1) is 5.92 Å². The van der Waals surface area contributed by atoms with Crippen LogP contribution in [0.3, 0.4) is 0 Å². The van der Waals surface area contributed by atoms with Crippen molar-refractivity contribution in [1.29, 1.82) is 0 Å². The lowest BCUT2D eigenvalue weighted by Gasteiger charge is -2.22. The van der Waals surface area contributed by atoms with Crippen LogP contribution in [-0.4, -0.2) is 37.2 Å². The fraction of sp³-hybridized carbons (Fsp3) is 0.588. The number of methoxy groups -OCH3 is 2. The van der Waals surface area contributed by atoms with Crippen LogP contribution in [0.1, 0.15) is 49.3 Å². The zero-order valence-electron chi connectivity index (χ0n) is 13.7. The summed E-state index contributed by atoms with van der Waals surface area (Å²) in [6.07, 6.45) is 1.54. The van der Waals surface area contributed by atoms with Gasteiger partial charge in [-0.1, -0.05) is 6.42 Å². The molecule has 3 atom stereocenters. The lowest BCUT2D eigenvalue weighted by atomic mass is 9.86. The second-order valence-corrected chi connectivity index (χ2v) is 5.84. The smallest absolute Gasteiger partial charge is 0.309 e. The van der Waals surface area contributed by atoms with Crippen LogP contribution >= 0.6 is 0 Å². The largest absolute Gasteiger partial charge is 0.507 e. The van der Waals surface area contributed by atoms with Crippen LogP contribution in [0.2, 0.25) is 0 Å². The summed E-state index contributed by atoms with van der Waals surface area (Å²) in [6.45, 7) is 1.64. The summed E-state index contributed by atoms with van der Waals surface area (Å²) in [5.74, 6) is -0.193. The van der Waals surface area contributed by atoms with E-state index < -0.39 is 6.10 Å². The third kappa shape index (κ3) is 3.76. The molecule has 0 radical (unpaired) electrons. The molecule has 0 aromatic heterocycles. The summed E-state index contributed by atoms with van der Waals surface area (Å²) < 4.78 is 15.2. The topological polar surface area (TPSA) is 85.2 Å². The van der Waals surface area contributed by atoms with Gasteiger partial charge in [-0.2, -0.15) is 0 Å². The van der Waals surface area contributed by atoms with Gasteiger partial charge in [0.05, 0.1) is 19.1 Å². The predicted molar refractivity (Wildman–Crippen MR) is 83.3 cm³/mol. The van der Waals surface area contributed by atoms with Gasteiger partial charge in [0, 0.05) is 24.2 Å². The van der Waals surface area contributed by atoms with Gasteiger partial charge in [0.25, 0.3) is 0 Å². The molecule has 2 N–H and O–H groups in total. The number of ether oxygens (including phenoxy) is 3. The number of hydrogen-bond acceptors (Lipinski definition) is 6. The molecule has 6 nitrogen and oxygen atoms in total. The molecule has 1 saturated carbocycles. The average Bonchev–Trinajstić information content (AvgIpc) is 3.02. The average molecular weight is 324 g/mol. The Morgan fingerprint density at radius 2 is 2.09 bits per heavy atom. The number of carbonyl (C=O) groups is 1. The maximum Gasteiger partial charge on any atom is 0.309 e. The van der Waals surface area contributed by atoms with Gasteiger partial charge in [0.1, 0.15) is 11.5 Å². The summed E-state index contributed by atoms with van der Waals surface area (Å²) in [7, 11) is 2.89. The van der Waals surface area contributed by atoms with Crippen molar-refractivity contribution in [2.75, 3.05) is 21.0 Å². The maximum absolute atomic E-state index is 12.0. The Morgan fingerprint density at radius 3 is 2.70 bits per heavy atom. The molecular formula is C17H24O6. The summed E-state index contributed by atoms with van der Waals surface area (Å²) in [5, 5.41) is 20.4. The van der Waals surface area contributed by atoms with E-state index in [2.05, 4.69) is 0 Å². The maximum atomic E-state index is 12.0. The Morgan fingerprint density at radius 1 is 1.35 bits per heavy atom. The molecule has 6 heteroatoms. The van der Waals surface area contributed by atoms with Gasteiger partial charge in [-0.3, -0.25) is 4.79 Å². The van der Waals surface area contributed by atoms with Gasteiger partial charge in [-0.05, 0) is 31.9 Å². The SMILES string of the molecule is COCOc1cc(C(C)O)c(O)c([C@@H]2CCC[C@@H]2C(=O)OC)c1. The molecule has 0 spiro atoms. The van der Waals surface area contributed by atoms with E-state index in [4.69, 9.17) is 14.2 Å². The zero-order chi connectivity index (χ0) is 17.0. The standard InChI is InChI=1S/C17H24O6/c1-10(18)14-7-11(23-9-21-2)8-15(16(14)19)12-5-4-6-13(12)17(20)22-3/h7-8,10,12-13,18-19H,4-6,9H2,1-3H3/t10?,12-,13+/m1/s1. The first kappa shape index (κ1) is 17.6. The van der Waals surface area contributed by atoms with E-state index in [1.165, 1.54) is 14.2 Å². The van der Waals surface area contributed by atoms with E-state index in [9.17, 15) is 15.0 Å². The molecule has 0 aliphatic heterocycles. The Balaban J connectivity index is 2.42. The van der Waals surface area contributed by atoms with E-state index in [1.54, 1.807) is 19.1 Å². The molecule has 1 aromatic rings. The van der Waals surface area contributed by atoms with Crippen molar-refractivity contribution in [3.05, 3.63) is 23.3 Å². The van der Waals surface area contributed by atoms with Crippen molar-refractivity contribution in [1.82, 2.24) is 0 Å². The van der Waals surface area contributed by atoms with Crippen molar-refractivity contribution in [2.24, 2.45) is 5.92 Å². The monoisotopic (exact) mass is 324 g/mol. The van der Waals surface area contributed by atoms with Crippen LogP contribution in [-0.2, 0) is 14.3 Å². The molecule has 2 rings (SSSR count). The molecule has 0 heterocycles. The molecule has 1 aliphatic rings. The van der Waals surface area contributed by atoms with Gasteiger partial charge >= 0.3 is 5.97 Å². The number of carbonyl (C=O) groups excluding carboxylic acids is 1. The van der Waals surface area contributed by atoms with Gasteiger partial charge in [-0.15, -0.1) is 0 Å². The number of aliphatic hydroxyl groups excluding tert-OH is 1. The molecule has 0 bridgehead atoms. The Bertz CT molecular complexity index is 554. The van der Waals surface area contributed by atoms with Crippen molar-refractivity contribution in [2.45, 2.75) is 38.2 Å². The lowest BCUT2D eigenvalue weighted by Crippen LogP contribution is -2.19. The second-order valence-electron chi connectivity index (χ2n) is 5.84. The van der Waals surface area contributed by atoms with Crippen LogP contribution < -0.4 is 4.74 Å². The predicted octanol–water partition coefficient (Wildman–Crippen LogP) is 2.48. The highest BCUT2D eigenvalue weighted by Crippen LogP contribution is 2.46. The van der Waals surface area contributed by atoms with E-state index in [0.717, 1.165) is 19.3 Å². The highest BCUT2D eigenvalue weighted by atomic mass is 16.7. The van der Waals surface area contributed by atoms with Gasteiger partial charge in [0.15, 0.2) is 6.79 Å². The fourth-order valence-corrected chi connectivity index (χ4v) is 3.23. The van der Waals surface area contributed by atoms with Crippen molar-refractivity contribution < 1.29 is 29.2 Å². The van der Waals surface area contributed by atoms with Crippen LogP contribution in [0.5, 0.6) is 11.5 Å². The van der Waals surface area contributed by atoms with E-state index in [0.29, 0.717) is 16.9 Å². The number of phenols is 1. The third-order valence-electron chi connectivity index (χ3n) is 4.36. The van der Waals surface area contributed by atoms with Crippen LogP contribution in [0.15, 0.2) is 12.1 Å². The Hall–Kier alpha value is -1.79. The summed E-state index contributed by atoms with van der Waals surface area (Å²) in [6, 6.07) is 3.30. The highest BCUT2D eigenvalue weighted by molar-refractivity contribution is 5.74. The second kappa shape index (κ2) is 7.66. The number of hydrogen-bond donors (Lipinski definition) is 2. The summed E-state index contributed by atoms with van der Waals surface area (Å²) in [4.78, 5) is 12.0. The first-order valence-corrected chi connectivity index (χ1v) is 7.74. The summed E-state index contributed by atoms with van der Waals surface area (Å²) >= 11 is 0. The van der Waals surface area contributed by atoms with Gasteiger partial charge in [-0.25, -0.2) is 0 Å². The normalized spacial score (nSPS) is 21.9. The number of aromatic hydroxyl groups is 1. The number of phenolic OH excluding ortho intramolecular Hbond substituents is 1. The zero-order valence-corrected chi connectivity index (χ0v) is 13.7. The number of benzene rings is 1. The molecule has 23 heavy (non-hydrogen) atoms. The summed E-state index contributed by atoms with van der Waals surface area (Å²) in [5.41, 5.74) is 0.992. The minimum absolute atomic E-state index is 0.0190. The molecule has 1 fully saturated rings. The van der Waals surface area contributed by atoms with E-state index in [-0.39, 0.29) is 30.3 Å². The van der Waals surface area contributed by atoms with Crippen LogP contribution in [0.25, 0.3) is 0 Å². The third-order valence-corrected chi connectivity index (χ3v) is 4.36. The van der Waals surface area contributed by atoms with Gasteiger partial charge in [0.2, 0.25) is 0 Å². The minimum atomic E-state index is -0.849. The molecule has 1 aromatic carbocycles. The van der Waals surface area contributed by atoms with Crippen molar-refractivity contribution >= 4 is 5.97 Å².